The van der Waals surface area contributed by atoms with Crippen LogP contribution in [-0.2, 0) is 23.9 Å². The van der Waals surface area contributed by atoms with Crippen molar-refractivity contribution in [1.29, 1.82) is 0 Å². The molecule has 0 fully saturated rings. The summed E-state index contributed by atoms with van der Waals surface area (Å²) in [5.74, 6) is -1.44. The van der Waals surface area contributed by atoms with Crippen molar-refractivity contribution in [2.24, 2.45) is 0 Å². The minimum absolute atomic E-state index is 0.166. The Morgan fingerprint density at radius 1 is 1.04 bits per heavy atom. The Morgan fingerprint density at radius 3 is 2.41 bits per heavy atom. The second-order valence-electron chi connectivity index (χ2n) is 5.05. The molecule has 10 heteroatoms. The fourth-order valence-electron chi connectivity index (χ4n) is 1.96. The Bertz CT molecular complexity index is 759. The summed E-state index contributed by atoms with van der Waals surface area (Å²) in [5, 5.41) is 4.44. The van der Waals surface area contributed by atoms with Gasteiger partial charge in [-0.15, -0.1) is 0 Å². The van der Waals surface area contributed by atoms with Gasteiger partial charge in [0, 0.05) is 23.9 Å². The molecule has 27 heavy (non-hydrogen) atoms. The van der Waals surface area contributed by atoms with Gasteiger partial charge in [-0.05, 0) is 19.1 Å². The number of nitrogens with one attached hydrogen (secondary N) is 2. The van der Waals surface area contributed by atoms with Crippen LogP contribution < -0.4 is 20.1 Å². The van der Waals surface area contributed by atoms with Gasteiger partial charge in [-0.2, -0.15) is 0 Å². The number of ether oxygens (including phenoxy) is 4. The minimum Gasteiger partial charge on any atom is -0.486 e. The van der Waals surface area contributed by atoms with Crippen LogP contribution in [0.4, 0.5) is 10.5 Å². The lowest BCUT2D eigenvalue weighted by Crippen LogP contribution is -2.37. The molecule has 1 aliphatic heterocycles. The number of carbonyl (C=O) groups is 4. The molecule has 1 aromatic carbocycles. The molecule has 1 aromatic rings. The Hall–Kier alpha value is -3.56. The molecule has 0 aliphatic carbocycles. The van der Waals surface area contributed by atoms with Crippen LogP contribution in [0.5, 0.6) is 11.5 Å². The summed E-state index contributed by atoms with van der Waals surface area (Å²) in [5.41, 5.74) is 0.388. The van der Waals surface area contributed by atoms with Crippen LogP contribution in [-0.4, -0.2) is 50.3 Å². The van der Waals surface area contributed by atoms with Crippen molar-refractivity contribution >= 4 is 29.6 Å². The third-order valence-electron chi connectivity index (χ3n) is 3.04. The first-order valence-electron chi connectivity index (χ1n) is 8.00. The molecule has 0 unspecified atom stereocenters. The molecule has 0 radical (unpaired) electrons. The van der Waals surface area contributed by atoms with Gasteiger partial charge in [0.25, 0.3) is 5.91 Å². The van der Waals surface area contributed by atoms with E-state index in [1.165, 1.54) is 0 Å². The summed E-state index contributed by atoms with van der Waals surface area (Å²) in [7, 11) is 0. The van der Waals surface area contributed by atoms with E-state index in [1.807, 2.05) is 5.32 Å². The molecule has 0 saturated heterocycles. The van der Waals surface area contributed by atoms with E-state index in [9.17, 15) is 19.2 Å². The molecule has 1 heterocycles. The van der Waals surface area contributed by atoms with Crippen molar-refractivity contribution in [3.8, 4) is 11.5 Å². The van der Waals surface area contributed by atoms with E-state index in [1.54, 1.807) is 25.1 Å². The van der Waals surface area contributed by atoms with Gasteiger partial charge in [-0.25, -0.2) is 14.4 Å². The first-order valence-corrected chi connectivity index (χ1v) is 8.00. The predicted octanol–water partition coefficient (Wildman–Crippen LogP) is 0.768. The van der Waals surface area contributed by atoms with E-state index < -0.39 is 30.5 Å². The van der Waals surface area contributed by atoms with Gasteiger partial charge in [-0.3, -0.25) is 10.1 Å². The highest BCUT2D eigenvalue weighted by Gasteiger charge is 2.14. The number of urea groups is 1. The number of rotatable bonds is 6. The maximum atomic E-state index is 11.8. The number of anilines is 1. The van der Waals surface area contributed by atoms with Crippen LogP contribution in [0.25, 0.3) is 0 Å². The highest BCUT2D eigenvalue weighted by Crippen LogP contribution is 2.32. The zero-order chi connectivity index (χ0) is 19.6. The van der Waals surface area contributed by atoms with E-state index >= 15 is 0 Å². The summed E-state index contributed by atoms with van der Waals surface area (Å²) in [6.45, 7) is 1.93. The highest BCUT2D eigenvalue weighted by atomic mass is 16.6. The molecule has 0 aromatic heterocycles. The monoisotopic (exact) mass is 378 g/mol. The number of amides is 3. The van der Waals surface area contributed by atoms with Crippen LogP contribution in [0.2, 0.25) is 0 Å². The molecular weight excluding hydrogens is 360 g/mol. The van der Waals surface area contributed by atoms with Gasteiger partial charge < -0.3 is 24.3 Å². The second-order valence-corrected chi connectivity index (χ2v) is 5.05. The molecule has 0 atom stereocenters. The average molecular weight is 378 g/mol. The number of benzene rings is 1. The van der Waals surface area contributed by atoms with Crippen molar-refractivity contribution in [2.75, 3.05) is 31.7 Å². The topological polar surface area (TPSA) is 129 Å². The van der Waals surface area contributed by atoms with Crippen LogP contribution in [0, 0.1) is 0 Å². The first-order chi connectivity index (χ1) is 13.0. The maximum Gasteiger partial charge on any atom is 0.331 e. The van der Waals surface area contributed by atoms with E-state index in [-0.39, 0.29) is 6.61 Å². The van der Waals surface area contributed by atoms with E-state index in [4.69, 9.17) is 9.47 Å². The summed E-state index contributed by atoms with van der Waals surface area (Å²) in [6, 6.07) is 3.95. The number of hydrogen-bond donors (Lipinski definition) is 2. The van der Waals surface area contributed by atoms with E-state index in [0.29, 0.717) is 30.4 Å². The Labute approximate surface area is 154 Å². The normalized spacial score (nSPS) is 12.2. The molecule has 0 spiro atoms. The van der Waals surface area contributed by atoms with E-state index in [0.717, 1.165) is 12.2 Å². The first kappa shape index (κ1) is 19.8. The van der Waals surface area contributed by atoms with Crippen molar-refractivity contribution in [3.05, 3.63) is 30.4 Å². The van der Waals surface area contributed by atoms with Gasteiger partial charge in [0.2, 0.25) is 0 Å². The van der Waals surface area contributed by atoms with Gasteiger partial charge in [0.1, 0.15) is 13.2 Å². The summed E-state index contributed by atoms with van der Waals surface area (Å²) in [6.07, 6.45) is 1.69. The zero-order valence-electron chi connectivity index (χ0n) is 14.5. The lowest BCUT2D eigenvalue weighted by molar-refractivity contribution is -0.144. The smallest absolute Gasteiger partial charge is 0.331 e. The van der Waals surface area contributed by atoms with Gasteiger partial charge in [0.15, 0.2) is 18.1 Å². The molecule has 2 N–H and O–H groups in total. The lowest BCUT2D eigenvalue weighted by atomic mass is 10.2. The molecule has 2 rings (SSSR count). The molecule has 3 amide bonds. The molecule has 10 nitrogen and oxygen atoms in total. The quantitative estimate of drug-likeness (QED) is 0.548. The molecular formula is C17H18N2O8. The number of hydrogen-bond acceptors (Lipinski definition) is 8. The summed E-state index contributed by atoms with van der Waals surface area (Å²) in [4.78, 5) is 45.8. The molecule has 0 saturated carbocycles. The van der Waals surface area contributed by atoms with Gasteiger partial charge in [0.05, 0.1) is 6.61 Å². The summed E-state index contributed by atoms with van der Waals surface area (Å²) >= 11 is 0. The third-order valence-corrected chi connectivity index (χ3v) is 3.04. The molecule has 0 bridgehead atoms. The molecule has 1 aliphatic rings. The number of imide groups is 1. The Morgan fingerprint density at radius 2 is 1.70 bits per heavy atom. The number of carbonyl (C=O) groups excluding carboxylic acids is 4. The van der Waals surface area contributed by atoms with Crippen molar-refractivity contribution in [3.63, 3.8) is 0 Å². The second kappa shape index (κ2) is 9.80. The summed E-state index contributed by atoms with van der Waals surface area (Å²) < 4.78 is 19.9. The maximum absolute atomic E-state index is 11.8. The fourth-order valence-corrected chi connectivity index (χ4v) is 1.96. The fraction of sp³-hybridized carbons (Fsp3) is 0.294. The van der Waals surface area contributed by atoms with Crippen molar-refractivity contribution in [2.45, 2.75) is 6.92 Å². The standard InChI is InChI=1S/C17H18N2O8/c1-2-24-15(21)5-6-16(22)27-10-14(20)19-17(23)18-11-3-4-12-13(9-11)26-8-7-25-12/h3-6,9H,2,7-8,10H2,1H3,(H2,18,19,20,23). The Balaban J connectivity index is 1.74. The van der Waals surface area contributed by atoms with Crippen LogP contribution >= 0.6 is 0 Å². The van der Waals surface area contributed by atoms with E-state index in [2.05, 4.69) is 14.8 Å². The average Bonchev–Trinajstić information content (AvgIpc) is 2.64. The zero-order valence-corrected chi connectivity index (χ0v) is 14.5. The van der Waals surface area contributed by atoms with Crippen molar-refractivity contribution < 1.29 is 38.1 Å². The van der Waals surface area contributed by atoms with Gasteiger partial charge in [-0.1, -0.05) is 0 Å². The van der Waals surface area contributed by atoms with Crippen LogP contribution in [0.15, 0.2) is 30.4 Å². The lowest BCUT2D eigenvalue weighted by Gasteiger charge is -2.19. The molecule has 144 valence electrons. The predicted molar refractivity (Wildman–Crippen MR) is 91.3 cm³/mol. The third kappa shape index (κ3) is 6.69. The SMILES string of the molecule is CCOC(=O)C=CC(=O)OCC(=O)NC(=O)Nc1ccc2c(c1)OCCO2. The van der Waals surface area contributed by atoms with Crippen LogP contribution in [0.1, 0.15) is 6.92 Å². The van der Waals surface area contributed by atoms with Crippen LogP contribution in [0.3, 0.4) is 0 Å². The number of fused-ring (bicyclic) bond motifs is 1. The minimum atomic E-state index is -0.926. The van der Waals surface area contributed by atoms with Gasteiger partial charge >= 0.3 is 18.0 Å². The largest absolute Gasteiger partial charge is 0.486 e. The van der Waals surface area contributed by atoms with Crippen molar-refractivity contribution in [1.82, 2.24) is 5.32 Å². The Kier molecular flexibility index (Phi) is 7.17. The highest BCUT2D eigenvalue weighted by molar-refractivity contribution is 6.02. The number of esters is 2.